The fourth-order valence-electron chi connectivity index (χ4n) is 0.979. The van der Waals surface area contributed by atoms with E-state index in [9.17, 15) is 4.79 Å². The molecule has 0 aliphatic carbocycles. The van der Waals surface area contributed by atoms with Gasteiger partial charge in [-0.25, -0.2) is 0 Å². The predicted octanol–water partition coefficient (Wildman–Crippen LogP) is 0.252. The van der Waals surface area contributed by atoms with Crippen LogP contribution in [0.4, 0.5) is 0 Å². The van der Waals surface area contributed by atoms with Gasteiger partial charge in [0.1, 0.15) is 0 Å². The second-order valence-corrected chi connectivity index (χ2v) is 3.19. The van der Waals surface area contributed by atoms with Crippen LogP contribution in [0, 0.1) is 5.92 Å². The van der Waals surface area contributed by atoms with Crippen molar-refractivity contribution in [2.75, 3.05) is 13.2 Å². The van der Waals surface area contributed by atoms with E-state index in [-0.39, 0.29) is 17.9 Å². The van der Waals surface area contributed by atoms with E-state index in [4.69, 9.17) is 16.2 Å². The lowest BCUT2D eigenvalue weighted by atomic mass is 10.0. The number of carbonyl (C=O) groups excluding carboxylic acids is 1. The Hall–Kier alpha value is -0.610. The number of hydrogen-bond donors (Lipinski definition) is 2. The second kappa shape index (κ2) is 6.86. The Morgan fingerprint density at radius 1 is 1.54 bits per heavy atom. The number of rotatable bonds is 7. The fraction of sp³-hybridized carbons (Fsp3) is 0.889. The van der Waals surface area contributed by atoms with E-state index in [2.05, 4.69) is 6.92 Å². The van der Waals surface area contributed by atoms with E-state index in [1.165, 1.54) is 0 Å². The fourth-order valence-corrected chi connectivity index (χ4v) is 0.979. The van der Waals surface area contributed by atoms with Crippen molar-refractivity contribution in [1.29, 1.82) is 0 Å². The number of unbranched alkanes of at least 4 members (excludes halogenated alkanes) is 1. The third-order valence-corrected chi connectivity index (χ3v) is 2.07. The largest absolute Gasteiger partial charge is 0.376 e. The molecule has 0 aliphatic rings. The predicted molar refractivity (Wildman–Crippen MR) is 52.1 cm³/mol. The molecule has 13 heavy (non-hydrogen) atoms. The first kappa shape index (κ1) is 12.4. The van der Waals surface area contributed by atoms with Gasteiger partial charge in [-0.15, -0.1) is 0 Å². The number of primary amides is 1. The van der Waals surface area contributed by atoms with Gasteiger partial charge in [-0.2, -0.15) is 0 Å². The van der Waals surface area contributed by atoms with Crippen molar-refractivity contribution in [2.45, 2.75) is 32.8 Å². The summed E-state index contributed by atoms with van der Waals surface area (Å²) in [6.45, 7) is 4.81. The van der Waals surface area contributed by atoms with Gasteiger partial charge in [-0.1, -0.05) is 20.3 Å². The van der Waals surface area contributed by atoms with Gasteiger partial charge >= 0.3 is 0 Å². The first-order valence-electron chi connectivity index (χ1n) is 4.74. The third-order valence-electron chi connectivity index (χ3n) is 2.07. The zero-order chi connectivity index (χ0) is 10.3. The molecule has 0 aromatic carbocycles. The summed E-state index contributed by atoms with van der Waals surface area (Å²) < 4.78 is 5.43. The van der Waals surface area contributed by atoms with E-state index in [1.54, 1.807) is 6.92 Å². The van der Waals surface area contributed by atoms with Crippen LogP contribution in [-0.2, 0) is 9.53 Å². The molecule has 0 aromatic heterocycles. The van der Waals surface area contributed by atoms with Crippen LogP contribution in [0.1, 0.15) is 26.7 Å². The number of nitrogens with two attached hydrogens (primary N) is 2. The van der Waals surface area contributed by atoms with Crippen LogP contribution in [0.2, 0.25) is 0 Å². The molecule has 0 radical (unpaired) electrons. The Kier molecular flexibility index (Phi) is 6.54. The molecule has 0 spiro atoms. The molecule has 0 rings (SSSR count). The van der Waals surface area contributed by atoms with Crippen LogP contribution in [0.15, 0.2) is 0 Å². The van der Waals surface area contributed by atoms with E-state index in [0.29, 0.717) is 13.2 Å². The average molecular weight is 188 g/mol. The standard InChI is InChI=1S/C9H20N2O2/c1-3-4-5-13-8(6-10)7(2)9(11)12/h7-8H,3-6,10H2,1-2H3,(H2,11,12). The first-order valence-corrected chi connectivity index (χ1v) is 4.74. The van der Waals surface area contributed by atoms with Gasteiger partial charge in [0.2, 0.25) is 5.91 Å². The molecule has 0 fully saturated rings. The average Bonchev–Trinajstić information content (AvgIpc) is 2.11. The number of carbonyl (C=O) groups is 1. The molecule has 0 saturated carbocycles. The summed E-state index contributed by atoms with van der Waals surface area (Å²) in [6.07, 6.45) is 1.83. The summed E-state index contributed by atoms with van der Waals surface area (Å²) in [6, 6.07) is 0. The van der Waals surface area contributed by atoms with Crippen molar-refractivity contribution in [3.63, 3.8) is 0 Å². The van der Waals surface area contributed by atoms with E-state index >= 15 is 0 Å². The zero-order valence-corrected chi connectivity index (χ0v) is 8.45. The maximum Gasteiger partial charge on any atom is 0.222 e. The molecule has 4 N–H and O–H groups in total. The molecular formula is C9H20N2O2. The minimum absolute atomic E-state index is 0.232. The van der Waals surface area contributed by atoms with Crippen LogP contribution in [0.3, 0.4) is 0 Å². The topological polar surface area (TPSA) is 78.3 Å². The van der Waals surface area contributed by atoms with Crippen molar-refractivity contribution >= 4 is 5.91 Å². The molecule has 4 heteroatoms. The number of ether oxygens (including phenoxy) is 1. The molecule has 4 nitrogen and oxygen atoms in total. The summed E-state index contributed by atoms with van der Waals surface area (Å²) in [5.74, 6) is -0.659. The Bertz CT molecular complexity index is 151. The van der Waals surface area contributed by atoms with Gasteiger partial charge in [0, 0.05) is 13.2 Å². The molecular weight excluding hydrogens is 168 g/mol. The molecule has 0 aliphatic heterocycles. The normalized spacial score (nSPS) is 15.3. The summed E-state index contributed by atoms with van der Waals surface area (Å²) in [5, 5.41) is 0. The maximum atomic E-state index is 10.8. The zero-order valence-electron chi connectivity index (χ0n) is 8.45. The molecule has 2 atom stereocenters. The molecule has 0 aromatic rings. The van der Waals surface area contributed by atoms with Crippen LogP contribution in [-0.4, -0.2) is 25.2 Å². The van der Waals surface area contributed by atoms with Gasteiger partial charge in [0.15, 0.2) is 0 Å². The van der Waals surface area contributed by atoms with Crippen LogP contribution >= 0.6 is 0 Å². The summed E-state index contributed by atoms with van der Waals surface area (Å²) in [5.41, 5.74) is 10.6. The molecule has 78 valence electrons. The summed E-state index contributed by atoms with van der Waals surface area (Å²) in [7, 11) is 0. The molecule has 0 saturated heterocycles. The van der Waals surface area contributed by atoms with Crippen molar-refractivity contribution in [3.05, 3.63) is 0 Å². The molecule has 0 bridgehead atoms. The van der Waals surface area contributed by atoms with Gasteiger partial charge in [-0.05, 0) is 6.42 Å². The van der Waals surface area contributed by atoms with Crippen LogP contribution < -0.4 is 11.5 Å². The number of amides is 1. The molecule has 1 amide bonds. The van der Waals surface area contributed by atoms with Crippen molar-refractivity contribution in [2.24, 2.45) is 17.4 Å². The highest BCUT2D eigenvalue weighted by Gasteiger charge is 2.20. The highest BCUT2D eigenvalue weighted by Crippen LogP contribution is 2.06. The highest BCUT2D eigenvalue weighted by molar-refractivity contribution is 5.76. The quantitative estimate of drug-likeness (QED) is 0.562. The van der Waals surface area contributed by atoms with Crippen molar-refractivity contribution < 1.29 is 9.53 Å². The molecule has 2 unspecified atom stereocenters. The van der Waals surface area contributed by atoms with E-state index in [0.717, 1.165) is 12.8 Å². The van der Waals surface area contributed by atoms with Crippen LogP contribution in [0.25, 0.3) is 0 Å². The highest BCUT2D eigenvalue weighted by atomic mass is 16.5. The lowest BCUT2D eigenvalue weighted by Crippen LogP contribution is -2.38. The number of hydrogen-bond acceptors (Lipinski definition) is 3. The van der Waals surface area contributed by atoms with Crippen LogP contribution in [0.5, 0.6) is 0 Å². The molecule has 0 heterocycles. The van der Waals surface area contributed by atoms with Gasteiger partial charge in [0.25, 0.3) is 0 Å². The van der Waals surface area contributed by atoms with E-state index < -0.39 is 0 Å². The Morgan fingerprint density at radius 2 is 2.15 bits per heavy atom. The van der Waals surface area contributed by atoms with Gasteiger partial charge in [0.05, 0.1) is 12.0 Å². The lowest BCUT2D eigenvalue weighted by molar-refractivity contribution is -0.126. The Balaban J connectivity index is 3.80. The first-order chi connectivity index (χ1) is 6.13. The van der Waals surface area contributed by atoms with Gasteiger partial charge in [-0.3, -0.25) is 4.79 Å². The lowest BCUT2D eigenvalue weighted by Gasteiger charge is -2.20. The van der Waals surface area contributed by atoms with E-state index in [1.807, 2.05) is 0 Å². The SMILES string of the molecule is CCCCOC(CN)C(C)C(N)=O. The van der Waals surface area contributed by atoms with Crippen molar-refractivity contribution in [3.8, 4) is 0 Å². The monoisotopic (exact) mass is 188 g/mol. The smallest absolute Gasteiger partial charge is 0.222 e. The maximum absolute atomic E-state index is 10.8. The summed E-state index contributed by atoms with van der Waals surface area (Å²) in [4.78, 5) is 10.8. The Morgan fingerprint density at radius 3 is 2.54 bits per heavy atom. The van der Waals surface area contributed by atoms with Gasteiger partial charge < -0.3 is 16.2 Å². The minimum atomic E-state index is -0.355. The summed E-state index contributed by atoms with van der Waals surface area (Å²) >= 11 is 0. The third kappa shape index (κ3) is 4.85. The van der Waals surface area contributed by atoms with Crippen molar-refractivity contribution in [1.82, 2.24) is 0 Å². The minimum Gasteiger partial charge on any atom is -0.376 e. The second-order valence-electron chi connectivity index (χ2n) is 3.19. The Labute approximate surface area is 79.6 Å².